The number of nitrogens with two attached hydrogens (primary N) is 1. The molecule has 1 rings (SSSR count). The van der Waals surface area contributed by atoms with E-state index in [0.29, 0.717) is 0 Å². The molecule has 0 aromatic rings. The van der Waals surface area contributed by atoms with Gasteiger partial charge in [0.1, 0.15) is 0 Å². The van der Waals surface area contributed by atoms with Crippen molar-refractivity contribution in [2.24, 2.45) is 23.5 Å². The monoisotopic (exact) mass is 141 g/mol. The minimum Gasteiger partial charge on any atom is -0.330 e. The highest BCUT2D eigenvalue weighted by molar-refractivity contribution is 4.74. The Morgan fingerprint density at radius 1 is 1.10 bits per heavy atom. The maximum atomic E-state index is 5.63. The summed E-state index contributed by atoms with van der Waals surface area (Å²) in [6.07, 6.45) is 4.14. The van der Waals surface area contributed by atoms with E-state index in [1.54, 1.807) is 0 Å². The Morgan fingerprint density at radius 2 is 1.60 bits per heavy atom. The molecule has 1 fully saturated rings. The lowest BCUT2D eigenvalue weighted by Gasteiger charge is -2.30. The summed E-state index contributed by atoms with van der Waals surface area (Å²) in [4.78, 5) is 0. The molecule has 0 aromatic heterocycles. The zero-order valence-electron chi connectivity index (χ0n) is 7.14. The van der Waals surface area contributed by atoms with Crippen LogP contribution in [0.3, 0.4) is 0 Å². The summed E-state index contributed by atoms with van der Waals surface area (Å²) in [7, 11) is 0. The SMILES string of the molecule is C[C@@H]1CC(CN)C[C@H](C)C1. The molecule has 0 heterocycles. The molecular formula is C9H19N. The van der Waals surface area contributed by atoms with E-state index in [1.807, 2.05) is 0 Å². The van der Waals surface area contributed by atoms with E-state index in [9.17, 15) is 0 Å². The van der Waals surface area contributed by atoms with Crippen molar-refractivity contribution >= 4 is 0 Å². The molecule has 1 aliphatic carbocycles. The average molecular weight is 141 g/mol. The van der Waals surface area contributed by atoms with Gasteiger partial charge in [-0.25, -0.2) is 0 Å². The van der Waals surface area contributed by atoms with Crippen LogP contribution in [0.2, 0.25) is 0 Å². The third-order valence-electron chi connectivity index (χ3n) is 2.61. The Hall–Kier alpha value is -0.0400. The second-order valence-electron chi connectivity index (χ2n) is 4.02. The number of hydrogen-bond donors (Lipinski definition) is 1. The fourth-order valence-corrected chi connectivity index (χ4v) is 2.31. The maximum absolute atomic E-state index is 5.63. The van der Waals surface area contributed by atoms with Gasteiger partial charge in [-0.3, -0.25) is 0 Å². The van der Waals surface area contributed by atoms with Gasteiger partial charge in [-0.1, -0.05) is 13.8 Å². The molecule has 1 unspecified atom stereocenters. The highest BCUT2D eigenvalue weighted by Gasteiger charge is 2.22. The van der Waals surface area contributed by atoms with Crippen molar-refractivity contribution in [3.8, 4) is 0 Å². The molecule has 1 aliphatic rings. The Bertz CT molecular complexity index is 90.9. The van der Waals surface area contributed by atoms with Crippen LogP contribution in [0.5, 0.6) is 0 Å². The smallest absolute Gasteiger partial charge is 0.00487 e. The van der Waals surface area contributed by atoms with Gasteiger partial charge >= 0.3 is 0 Å². The summed E-state index contributed by atoms with van der Waals surface area (Å²) < 4.78 is 0. The molecule has 0 aliphatic heterocycles. The largest absolute Gasteiger partial charge is 0.330 e. The molecule has 0 amide bonds. The van der Waals surface area contributed by atoms with Gasteiger partial charge in [-0.2, -0.15) is 0 Å². The van der Waals surface area contributed by atoms with E-state index < -0.39 is 0 Å². The molecule has 60 valence electrons. The van der Waals surface area contributed by atoms with Crippen molar-refractivity contribution in [1.82, 2.24) is 0 Å². The van der Waals surface area contributed by atoms with E-state index in [-0.39, 0.29) is 0 Å². The molecule has 0 radical (unpaired) electrons. The third kappa shape index (κ3) is 1.98. The summed E-state index contributed by atoms with van der Waals surface area (Å²) in [5.41, 5.74) is 5.63. The van der Waals surface area contributed by atoms with Crippen molar-refractivity contribution in [3.63, 3.8) is 0 Å². The van der Waals surface area contributed by atoms with E-state index in [0.717, 1.165) is 24.3 Å². The van der Waals surface area contributed by atoms with Crippen LogP contribution in [0.4, 0.5) is 0 Å². The number of rotatable bonds is 1. The van der Waals surface area contributed by atoms with Crippen LogP contribution in [0.25, 0.3) is 0 Å². The fourth-order valence-electron chi connectivity index (χ4n) is 2.31. The second-order valence-corrected chi connectivity index (χ2v) is 4.02. The average Bonchev–Trinajstić information content (AvgIpc) is 1.85. The summed E-state index contributed by atoms with van der Waals surface area (Å²) >= 11 is 0. The van der Waals surface area contributed by atoms with Crippen LogP contribution < -0.4 is 5.73 Å². The molecule has 1 saturated carbocycles. The van der Waals surface area contributed by atoms with Crippen LogP contribution >= 0.6 is 0 Å². The molecule has 0 aromatic carbocycles. The Kier molecular flexibility index (Phi) is 2.72. The highest BCUT2D eigenvalue weighted by atomic mass is 14.6. The van der Waals surface area contributed by atoms with Crippen LogP contribution in [0, 0.1) is 17.8 Å². The van der Waals surface area contributed by atoms with Gasteiger partial charge in [-0.15, -0.1) is 0 Å². The van der Waals surface area contributed by atoms with Gasteiger partial charge in [0.05, 0.1) is 0 Å². The zero-order chi connectivity index (χ0) is 7.56. The first-order valence-electron chi connectivity index (χ1n) is 4.42. The van der Waals surface area contributed by atoms with Gasteiger partial charge in [0.2, 0.25) is 0 Å². The predicted octanol–water partition coefficient (Wildman–Crippen LogP) is 2.02. The van der Waals surface area contributed by atoms with Gasteiger partial charge < -0.3 is 5.73 Å². The quantitative estimate of drug-likeness (QED) is 0.594. The Morgan fingerprint density at radius 3 is 2.00 bits per heavy atom. The van der Waals surface area contributed by atoms with Crippen molar-refractivity contribution in [3.05, 3.63) is 0 Å². The first-order valence-corrected chi connectivity index (χ1v) is 4.42. The molecule has 0 spiro atoms. The topological polar surface area (TPSA) is 26.0 Å². The minimum atomic E-state index is 0.818. The molecular weight excluding hydrogens is 122 g/mol. The molecule has 10 heavy (non-hydrogen) atoms. The number of hydrogen-bond acceptors (Lipinski definition) is 1. The van der Waals surface area contributed by atoms with E-state index in [1.165, 1.54) is 19.3 Å². The third-order valence-corrected chi connectivity index (χ3v) is 2.61. The van der Waals surface area contributed by atoms with Crippen molar-refractivity contribution in [2.75, 3.05) is 6.54 Å². The molecule has 1 nitrogen and oxygen atoms in total. The lowest BCUT2D eigenvalue weighted by Crippen LogP contribution is -2.25. The lowest BCUT2D eigenvalue weighted by atomic mass is 9.77. The van der Waals surface area contributed by atoms with Gasteiger partial charge in [0.15, 0.2) is 0 Å². The predicted molar refractivity (Wildman–Crippen MR) is 44.7 cm³/mol. The van der Waals surface area contributed by atoms with Crippen LogP contribution in [-0.4, -0.2) is 6.54 Å². The normalized spacial score (nSPS) is 41.7. The van der Waals surface area contributed by atoms with E-state index >= 15 is 0 Å². The van der Waals surface area contributed by atoms with Crippen molar-refractivity contribution in [2.45, 2.75) is 33.1 Å². The molecule has 1 heteroatoms. The van der Waals surface area contributed by atoms with Gasteiger partial charge in [0.25, 0.3) is 0 Å². The summed E-state index contributed by atoms with van der Waals surface area (Å²) in [5.74, 6) is 2.65. The van der Waals surface area contributed by atoms with E-state index in [4.69, 9.17) is 5.73 Å². The second kappa shape index (κ2) is 3.38. The molecule has 0 saturated heterocycles. The Balaban J connectivity index is 2.35. The summed E-state index contributed by atoms with van der Waals surface area (Å²) in [6, 6.07) is 0. The molecule has 0 bridgehead atoms. The first kappa shape index (κ1) is 8.06. The maximum Gasteiger partial charge on any atom is -0.00487 e. The highest BCUT2D eigenvalue weighted by Crippen LogP contribution is 2.31. The van der Waals surface area contributed by atoms with Crippen LogP contribution in [0.15, 0.2) is 0 Å². The molecule has 3 atom stereocenters. The van der Waals surface area contributed by atoms with Gasteiger partial charge in [0, 0.05) is 0 Å². The lowest BCUT2D eigenvalue weighted by molar-refractivity contribution is 0.224. The fraction of sp³-hybridized carbons (Fsp3) is 1.00. The van der Waals surface area contributed by atoms with Crippen LogP contribution in [-0.2, 0) is 0 Å². The first-order chi connectivity index (χ1) is 4.72. The van der Waals surface area contributed by atoms with Crippen molar-refractivity contribution in [1.29, 1.82) is 0 Å². The van der Waals surface area contributed by atoms with Crippen molar-refractivity contribution < 1.29 is 0 Å². The Labute approximate surface area is 64.0 Å². The summed E-state index contributed by atoms with van der Waals surface area (Å²) in [6.45, 7) is 5.59. The van der Waals surface area contributed by atoms with Crippen LogP contribution in [0.1, 0.15) is 33.1 Å². The minimum absolute atomic E-state index is 0.818. The summed E-state index contributed by atoms with van der Waals surface area (Å²) in [5, 5.41) is 0. The molecule has 2 N–H and O–H groups in total. The van der Waals surface area contributed by atoms with Gasteiger partial charge in [-0.05, 0) is 43.6 Å². The van der Waals surface area contributed by atoms with E-state index in [2.05, 4.69) is 13.8 Å². The standard InChI is InChI=1S/C9H19N/c1-7-3-8(2)5-9(4-7)6-10/h7-9H,3-6,10H2,1-2H3/t7-,8+,9?. The zero-order valence-corrected chi connectivity index (χ0v) is 7.14.